The van der Waals surface area contributed by atoms with Crippen LogP contribution >= 0.6 is 0 Å². The predicted molar refractivity (Wildman–Crippen MR) is 70.5 cm³/mol. The Hall–Kier alpha value is -0.760. The zero-order chi connectivity index (χ0) is 11.8. The molecule has 0 atom stereocenters. The van der Waals surface area contributed by atoms with Crippen LogP contribution in [0.1, 0.15) is 45.7 Å². The van der Waals surface area contributed by atoms with Crippen molar-refractivity contribution in [2.45, 2.75) is 53.1 Å². The standard InChI is InChI=1S/C14H26N2/c1-4-5-9-15-12-14-7-6-10-16(14)11-8-13(2)3/h6-7,10,13,15H,4-5,8-9,11-12H2,1-3H3. The minimum Gasteiger partial charge on any atom is -0.350 e. The fraction of sp³-hybridized carbons (Fsp3) is 0.714. The molecule has 0 aliphatic carbocycles. The molecule has 2 heteroatoms. The maximum atomic E-state index is 3.50. The first kappa shape index (κ1) is 13.3. The molecule has 1 rings (SSSR count). The van der Waals surface area contributed by atoms with Gasteiger partial charge in [-0.15, -0.1) is 0 Å². The highest BCUT2D eigenvalue weighted by Gasteiger charge is 2.01. The summed E-state index contributed by atoms with van der Waals surface area (Å²) in [7, 11) is 0. The van der Waals surface area contributed by atoms with E-state index in [1.54, 1.807) is 0 Å². The largest absolute Gasteiger partial charge is 0.350 e. The van der Waals surface area contributed by atoms with Gasteiger partial charge in [-0.05, 0) is 37.4 Å². The van der Waals surface area contributed by atoms with Gasteiger partial charge in [0.05, 0.1) is 0 Å². The molecular formula is C14H26N2. The molecule has 16 heavy (non-hydrogen) atoms. The zero-order valence-electron chi connectivity index (χ0n) is 11.0. The summed E-state index contributed by atoms with van der Waals surface area (Å²) in [5.41, 5.74) is 1.41. The van der Waals surface area contributed by atoms with Crippen LogP contribution in [0.3, 0.4) is 0 Å². The summed E-state index contributed by atoms with van der Waals surface area (Å²) in [6.45, 7) is 10.1. The molecule has 0 radical (unpaired) electrons. The van der Waals surface area contributed by atoms with Crippen LogP contribution in [0.4, 0.5) is 0 Å². The molecule has 0 saturated heterocycles. The number of hydrogen-bond donors (Lipinski definition) is 1. The maximum absolute atomic E-state index is 3.50. The molecule has 0 bridgehead atoms. The van der Waals surface area contributed by atoms with Crippen molar-refractivity contribution in [2.24, 2.45) is 5.92 Å². The molecular weight excluding hydrogens is 196 g/mol. The number of unbranched alkanes of at least 4 members (excludes halogenated alkanes) is 1. The van der Waals surface area contributed by atoms with Gasteiger partial charge >= 0.3 is 0 Å². The van der Waals surface area contributed by atoms with Gasteiger partial charge in [0.1, 0.15) is 0 Å². The van der Waals surface area contributed by atoms with Gasteiger partial charge in [0, 0.05) is 25.0 Å². The van der Waals surface area contributed by atoms with Crippen molar-refractivity contribution in [1.29, 1.82) is 0 Å². The molecule has 0 aliphatic rings. The fourth-order valence-corrected chi connectivity index (χ4v) is 1.74. The van der Waals surface area contributed by atoms with E-state index in [0.717, 1.165) is 25.6 Å². The van der Waals surface area contributed by atoms with Gasteiger partial charge in [0.15, 0.2) is 0 Å². The lowest BCUT2D eigenvalue weighted by atomic mass is 10.1. The molecule has 0 unspecified atom stereocenters. The summed E-state index contributed by atoms with van der Waals surface area (Å²) in [5, 5.41) is 3.50. The van der Waals surface area contributed by atoms with Gasteiger partial charge in [-0.1, -0.05) is 27.2 Å². The van der Waals surface area contributed by atoms with Crippen molar-refractivity contribution in [3.8, 4) is 0 Å². The number of hydrogen-bond acceptors (Lipinski definition) is 1. The molecule has 0 amide bonds. The highest BCUT2D eigenvalue weighted by molar-refractivity contribution is 5.06. The lowest BCUT2D eigenvalue weighted by Crippen LogP contribution is -2.17. The molecule has 2 nitrogen and oxygen atoms in total. The maximum Gasteiger partial charge on any atom is 0.0359 e. The summed E-state index contributed by atoms with van der Waals surface area (Å²) < 4.78 is 2.37. The third-order valence-corrected chi connectivity index (χ3v) is 2.88. The van der Waals surface area contributed by atoms with Crippen LogP contribution in [0.5, 0.6) is 0 Å². The molecule has 1 aromatic heterocycles. The van der Waals surface area contributed by atoms with E-state index in [9.17, 15) is 0 Å². The minimum atomic E-state index is 0.781. The van der Waals surface area contributed by atoms with E-state index >= 15 is 0 Å². The number of aryl methyl sites for hydroxylation is 1. The second-order valence-corrected chi connectivity index (χ2v) is 4.91. The Morgan fingerprint density at radius 3 is 2.88 bits per heavy atom. The SMILES string of the molecule is CCCCNCc1cccn1CCC(C)C. The number of aromatic nitrogens is 1. The van der Waals surface area contributed by atoms with E-state index in [1.807, 2.05) is 0 Å². The molecule has 0 spiro atoms. The predicted octanol–water partition coefficient (Wildman–Crippen LogP) is 3.42. The Balaban J connectivity index is 2.32. The Labute approximate surface area is 100 Å². The summed E-state index contributed by atoms with van der Waals surface area (Å²) in [6.07, 6.45) is 5.99. The third-order valence-electron chi connectivity index (χ3n) is 2.88. The van der Waals surface area contributed by atoms with E-state index in [-0.39, 0.29) is 0 Å². The second-order valence-electron chi connectivity index (χ2n) is 4.91. The van der Waals surface area contributed by atoms with Gasteiger partial charge < -0.3 is 9.88 Å². The van der Waals surface area contributed by atoms with E-state index in [1.165, 1.54) is 25.0 Å². The first-order chi connectivity index (χ1) is 7.74. The second kappa shape index (κ2) is 7.50. The average molecular weight is 222 g/mol. The van der Waals surface area contributed by atoms with Crippen molar-refractivity contribution in [3.63, 3.8) is 0 Å². The lowest BCUT2D eigenvalue weighted by molar-refractivity contribution is 0.500. The smallest absolute Gasteiger partial charge is 0.0359 e. The van der Waals surface area contributed by atoms with Gasteiger partial charge in [0.25, 0.3) is 0 Å². The van der Waals surface area contributed by atoms with Crippen molar-refractivity contribution >= 4 is 0 Å². The van der Waals surface area contributed by atoms with Crippen LogP contribution in [-0.4, -0.2) is 11.1 Å². The fourth-order valence-electron chi connectivity index (χ4n) is 1.74. The van der Waals surface area contributed by atoms with Gasteiger partial charge in [-0.25, -0.2) is 0 Å². The third kappa shape index (κ3) is 4.84. The molecule has 0 fully saturated rings. The highest BCUT2D eigenvalue weighted by Crippen LogP contribution is 2.07. The molecule has 1 aromatic rings. The first-order valence-corrected chi connectivity index (χ1v) is 6.58. The van der Waals surface area contributed by atoms with Crippen LogP contribution in [0.15, 0.2) is 18.3 Å². The molecule has 1 heterocycles. The van der Waals surface area contributed by atoms with Crippen LogP contribution in [-0.2, 0) is 13.1 Å². The van der Waals surface area contributed by atoms with Crippen molar-refractivity contribution < 1.29 is 0 Å². The normalized spacial score (nSPS) is 11.2. The Morgan fingerprint density at radius 1 is 1.38 bits per heavy atom. The molecule has 92 valence electrons. The van der Waals surface area contributed by atoms with Crippen LogP contribution in [0, 0.1) is 5.92 Å². The summed E-state index contributed by atoms with van der Waals surface area (Å²) in [5.74, 6) is 0.781. The van der Waals surface area contributed by atoms with E-state index < -0.39 is 0 Å². The number of nitrogens with zero attached hydrogens (tertiary/aromatic N) is 1. The Morgan fingerprint density at radius 2 is 2.19 bits per heavy atom. The molecule has 0 saturated carbocycles. The molecule has 0 aliphatic heterocycles. The molecule has 0 aromatic carbocycles. The van der Waals surface area contributed by atoms with Crippen LogP contribution < -0.4 is 5.32 Å². The number of nitrogens with one attached hydrogen (secondary N) is 1. The number of rotatable bonds is 8. The van der Waals surface area contributed by atoms with Crippen molar-refractivity contribution in [3.05, 3.63) is 24.0 Å². The van der Waals surface area contributed by atoms with Gasteiger partial charge in [0.2, 0.25) is 0 Å². The zero-order valence-corrected chi connectivity index (χ0v) is 11.0. The summed E-state index contributed by atoms with van der Waals surface area (Å²) >= 11 is 0. The summed E-state index contributed by atoms with van der Waals surface area (Å²) in [6, 6.07) is 4.37. The minimum absolute atomic E-state index is 0.781. The monoisotopic (exact) mass is 222 g/mol. The van der Waals surface area contributed by atoms with E-state index in [0.29, 0.717) is 0 Å². The van der Waals surface area contributed by atoms with Crippen molar-refractivity contribution in [1.82, 2.24) is 9.88 Å². The summed E-state index contributed by atoms with van der Waals surface area (Å²) in [4.78, 5) is 0. The van der Waals surface area contributed by atoms with Crippen LogP contribution in [0.25, 0.3) is 0 Å². The topological polar surface area (TPSA) is 17.0 Å². The highest BCUT2D eigenvalue weighted by atomic mass is 15.0. The average Bonchev–Trinajstić information content (AvgIpc) is 2.69. The Bertz CT molecular complexity index is 276. The quantitative estimate of drug-likeness (QED) is 0.667. The lowest BCUT2D eigenvalue weighted by Gasteiger charge is -2.11. The first-order valence-electron chi connectivity index (χ1n) is 6.58. The van der Waals surface area contributed by atoms with Gasteiger partial charge in [-0.2, -0.15) is 0 Å². The van der Waals surface area contributed by atoms with E-state index in [4.69, 9.17) is 0 Å². The van der Waals surface area contributed by atoms with E-state index in [2.05, 4.69) is 49.0 Å². The van der Waals surface area contributed by atoms with Crippen molar-refractivity contribution in [2.75, 3.05) is 6.54 Å². The van der Waals surface area contributed by atoms with Crippen LogP contribution in [0.2, 0.25) is 0 Å². The Kier molecular flexibility index (Phi) is 6.24. The molecule has 1 N–H and O–H groups in total. The van der Waals surface area contributed by atoms with Gasteiger partial charge in [-0.3, -0.25) is 0 Å².